The third kappa shape index (κ3) is 5.27. The Morgan fingerprint density at radius 1 is 0.909 bits per heavy atom. The second-order valence-electron chi connectivity index (χ2n) is 4.48. The van der Waals surface area contributed by atoms with Gasteiger partial charge < -0.3 is 10.1 Å². The Morgan fingerprint density at radius 3 is 2.05 bits per heavy atom. The molecule has 0 aliphatic carbocycles. The number of esters is 1. The maximum atomic E-state index is 11.8. The third-order valence-electron chi connectivity index (χ3n) is 2.81. The van der Waals surface area contributed by atoms with E-state index in [1.807, 2.05) is 24.3 Å². The maximum absolute atomic E-state index is 11.8. The van der Waals surface area contributed by atoms with E-state index in [-0.39, 0.29) is 19.1 Å². The van der Waals surface area contributed by atoms with E-state index in [1.54, 1.807) is 24.3 Å². The van der Waals surface area contributed by atoms with Crippen LogP contribution in [0.15, 0.2) is 57.5 Å². The van der Waals surface area contributed by atoms with E-state index in [0.29, 0.717) is 5.56 Å². The van der Waals surface area contributed by atoms with Crippen LogP contribution in [-0.4, -0.2) is 18.4 Å². The zero-order valence-corrected chi connectivity index (χ0v) is 14.7. The van der Waals surface area contributed by atoms with Crippen molar-refractivity contribution in [2.24, 2.45) is 0 Å². The van der Waals surface area contributed by atoms with Crippen LogP contribution in [0.5, 0.6) is 0 Å². The van der Waals surface area contributed by atoms with E-state index in [4.69, 9.17) is 4.74 Å². The number of ether oxygens (including phenoxy) is 1. The highest BCUT2D eigenvalue weighted by molar-refractivity contribution is 9.10. The molecule has 0 bridgehead atoms. The molecule has 114 valence electrons. The van der Waals surface area contributed by atoms with Gasteiger partial charge >= 0.3 is 5.97 Å². The second-order valence-corrected chi connectivity index (χ2v) is 6.31. The third-order valence-corrected chi connectivity index (χ3v) is 3.87. The number of hydrogen-bond donors (Lipinski definition) is 1. The quantitative estimate of drug-likeness (QED) is 0.742. The molecule has 0 fully saturated rings. The predicted octanol–water partition coefficient (Wildman–Crippen LogP) is 3.68. The van der Waals surface area contributed by atoms with Crippen molar-refractivity contribution in [3.8, 4) is 0 Å². The number of halogens is 2. The van der Waals surface area contributed by atoms with Crippen molar-refractivity contribution < 1.29 is 14.3 Å². The summed E-state index contributed by atoms with van der Waals surface area (Å²) in [4.78, 5) is 23.5. The Balaban J connectivity index is 1.76. The molecule has 0 aliphatic rings. The SMILES string of the molecule is O=C(CNC(=O)c1ccc(Br)cc1)OCc1ccc(Br)cc1. The van der Waals surface area contributed by atoms with Crippen LogP contribution in [0.1, 0.15) is 15.9 Å². The van der Waals surface area contributed by atoms with Crippen LogP contribution in [0, 0.1) is 0 Å². The highest BCUT2D eigenvalue weighted by Crippen LogP contribution is 2.11. The number of nitrogens with one attached hydrogen (secondary N) is 1. The largest absolute Gasteiger partial charge is 0.460 e. The molecular weight excluding hydrogens is 414 g/mol. The molecule has 2 rings (SSSR count). The minimum absolute atomic E-state index is 0.161. The lowest BCUT2D eigenvalue weighted by Gasteiger charge is -2.07. The van der Waals surface area contributed by atoms with Gasteiger partial charge in [-0.05, 0) is 42.0 Å². The molecule has 2 aromatic rings. The van der Waals surface area contributed by atoms with Crippen molar-refractivity contribution in [1.29, 1.82) is 0 Å². The zero-order valence-electron chi connectivity index (χ0n) is 11.5. The van der Waals surface area contributed by atoms with E-state index >= 15 is 0 Å². The first-order chi connectivity index (χ1) is 10.5. The van der Waals surface area contributed by atoms with Gasteiger partial charge in [-0.1, -0.05) is 44.0 Å². The van der Waals surface area contributed by atoms with Crippen molar-refractivity contribution >= 4 is 43.7 Å². The summed E-state index contributed by atoms with van der Waals surface area (Å²) in [7, 11) is 0. The predicted molar refractivity (Wildman–Crippen MR) is 90.4 cm³/mol. The van der Waals surface area contributed by atoms with Gasteiger partial charge in [0.05, 0.1) is 0 Å². The van der Waals surface area contributed by atoms with Gasteiger partial charge in [-0.15, -0.1) is 0 Å². The van der Waals surface area contributed by atoms with Crippen LogP contribution >= 0.6 is 31.9 Å². The van der Waals surface area contributed by atoms with Gasteiger partial charge in [0.15, 0.2) is 0 Å². The Morgan fingerprint density at radius 2 is 1.45 bits per heavy atom. The molecule has 22 heavy (non-hydrogen) atoms. The Hall–Kier alpha value is -1.66. The lowest BCUT2D eigenvalue weighted by atomic mass is 10.2. The van der Waals surface area contributed by atoms with Gasteiger partial charge in [0.2, 0.25) is 0 Å². The van der Waals surface area contributed by atoms with Crippen LogP contribution in [-0.2, 0) is 16.1 Å². The molecule has 0 atom stereocenters. The van der Waals surface area contributed by atoms with E-state index < -0.39 is 5.97 Å². The van der Waals surface area contributed by atoms with E-state index in [1.165, 1.54) is 0 Å². The summed E-state index contributed by atoms with van der Waals surface area (Å²) in [6.45, 7) is 0.0195. The van der Waals surface area contributed by atoms with Crippen molar-refractivity contribution in [1.82, 2.24) is 5.32 Å². The molecule has 1 N–H and O–H groups in total. The Bertz CT molecular complexity index is 654. The molecule has 0 unspecified atom stereocenters. The molecule has 6 heteroatoms. The van der Waals surface area contributed by atoms with Crippen molar-refractivity contribution in [3.63, 3.8) is 0 Å². The molecule has 0 aromatic heterocycles. The fourth-order valence-electron chi connectivity index (χ4n) is 1.65. The van der Waals surface area contributed by atoms with Gasteiger partial charge in [0.25, 0.3) is 5.91 Å². The number of carbonyl (C=O) groups is 2. The highest BCUT2D eigenvalue weighted by Gasteiger charge is 2.09. The van der Waals surface area contributed by atoms with Crippen molar-refractivity contribution in [2.75, 3.05) is 6.54 Å². The lowest BCUT2D eigenvalue weighted by Crippen LogP contribution is -2.30. The lowest BCUT2D eigenvalue weighted by molar-refractivity contribution is -0.143. The summed E-state index contributed by atoms with van der Waals surface area (Å²) in [6, 6.07) is 14.3. The molecule has 0 saturated carbocycles. The number of benzene rings is 2. The minimum Gasteiger partial charge on any atom is -0.460 e. The summed E-state index contributed by atoms with van der Waals surface area (Å²) >= 11 is 6.63. The minimum atomic E-state index is -0.478. The topological polar surface area (TPSA) is 55.4 Å². The second kappa shape index (κ2) is 8.10. The summed E-state index contributed by atoms with van der Waals surface area (Å²) < 4.78 is 6.95. The molecule has 0 saturated heterocycles. The van der Waals surface area contributed by atoms with Gasteiger partial charge in [-0.3, -0.25) is 9.59 Å². The van der Waals surface area contributed by atoms with E-state index in [9.17, 15) is 9.59 Å². The maximum Gasteiger partial charge on any atom is 0.325 e. The van der Waals surface area contributed by atoms with Gasteiger partial charge in [0.1, 0.15) is 13.2 Å². The standard InChI is InChI=1S/C16H13Br2NO3/c17-13-5-1-11(2-6-13)10-22-15(20)9-19-16(21)12-3-7-14(18)8-4-12/h1-8H,9-10H2,(H,19,21). The Labute approximate surface area is 145 Å². The molecule has 1 amide bonds. The number of rotatable bonds is 5. The van der Waals surface area contributed by atoms with Gasteiger partial charge in [0, 0.05) is 14.5 Å². The smallest absolute Gasteiger partial charge is 0.325 e. The van der Waals surface area contributed by atoms with Crippen molar-refractivity contribution in [2.45, 2.75) is 6.61 Å². The average Bonchev–Trinajstić information content (AvgIpc) is 2.52. The summed E-state index contributed by atoms with van der Waals surface area (Å²) in [5.74, 6) is -0.790. The molecule has 2 aromatic carbocycles. The molecule has 4 nitrogen and oxygen atoms in total. The fraction of sp³-hybridized carbons (Fsp3) is 0.125. The average molecular weight is 427 g/mol. The highest BCUT2D eigenvalue weighted by atomic mass is 79.9. The normalized spacial score (nSPS) is 10.1. The molecule has 0 radical (unpaired) electrons. The van der Waals surface area contributed by atoms with Crippen LogP contribution < -0.4 is 5.32 Å². The number of amides is 1. The summed E-state index contributed by atoms with van der Waals surface area (Å²) in [5, 5.41) is 2.53. The van der Waals surface area contributed by atoms with Crippen molar-refractivity contribution in [3.05, 3.63) is 68.6 Å². The number of hydrogen-bond acceptors (Lipinski definition) is 3. The molecule has 0 heterocycles. The fourth-order valence-corrected chi connectivity index (χ4v) is 2.18. The van der Waals surface area contributed by atoms with Gasteiger partial charge in [-0.2, -0.15) is 0 Å². The molecule has 0 spiro atoms. The van der Waals surface area contributed by atoms with Crippen LogP contribution in [0.4, 0.5) is 0 Å². The monoisotopic (exact) mass is 425 g/mol. The zero-order chi connectivity index (χ0) is 15.9. The Kier molecular flexibility index (Phi) is 6.15. The van der Waals surface area contributed by atoms with Crippen LogP contribution in [0.2, 0.25) is 0 Å². The van der Waals surface area contributed by atoms with E-state index in [2.05, 4.69) is 37.2 Å². The molecular formula is C16H13Br2NO3. The number of carbonyl (C=O) groups excluding carboxylic acids is 2. The summed E-state index contributed by atoms with van der Waals surface area (Å²) in [5.41, 5.74) is 1.37. The first kappa shape index (κ1) is 16.7. The van der Waals surface area contributed by atoms with Crippen LogP contribution in [0.25, 0.3) is 0 Å². The van der Waals surface area contributed by atoms with Crippen LogP contribution in [0.3, 0.4) is 0 Å². The van der Waals surface area contributed by atoms with E-state index in [0.717, 1.165) is 14.5 Å². The summed E-state index contributed by atoms with van der Waals surface area (Å²) in [6.07, 6.45) is 0. The first-order valence-electron chi connectivity index (χ1n) is 6.48. The molecule has 0 aliphatic heterocycles. The van der Waals surface area contributed by atoms with Gasteiger partial charge in [-0.25, -0.2) is 0 Å². The first-order valence-corrected chi connectivity index (χ1v) is 8.07.